The van der Waals surface area contributed by atoms with Crippen LogP contribution >= 0.6 is 0 Å². The molecule has 4 nitrogen and oxygen atoms in total. The van der Waals surface area contributed by atoms with Gasteiger partial charge < -0.3 is 0 Å². The molecule has 0 aromatic heterocycles. The van der Waals surface area contributed by atoms with Crippen LogP contribution in [-0.2, 0) is 0 Å². The number of hydrogen-bond acceptors (Lipinski definition) is 3. The molecule has 0 radical (unpaired) electrons. The highest BCUT2D eigenvalue weighted by molar-refractivity contribution is 5.41. The fourth-order valence-electron chi connectivity index (χ4n) is 1.07. The zero-order valence-electron chi connectivity index (χ0n) is 9.01. The van der Waals surface area contributed by atoms with E-state index < -0.39 is 0 Å². The molecule has 0 saturated carbocycles. The maximum Gasteiger partial charge on any atom is 0.0991 e. The number of hydrogen-bond donors (Lipinski definition) is 0. The summed E-state index contributed by atoms with van der Waals surface area (Å²) in [6.07, 6.45) is 0. The average Bonchev–Trinajstić information content (AvgIpc) is 2.31. The maximum absolute atomic E-state index is 8.61. The zero-order chi connectivity index (χ0) is 11.1. The Balaban J connectivity index is 2.68. The van der Waals surface area contributed by atoms with Gasteiger partial charge in [-0.05, 0) is 38.1 Å². The first-order chi connectivity index (χ1) is 7.30. The van der Waals surface area contributed by atoms with Crippen LogP contribution in [0.4, 0.5) is 5.69 Å². The predicted molar refractivity (Wildman–Crippen MR) is 58.6 cm³/mol. The summed E-state index contributed by atoms with van der Waals surface area (Å²) in [5.41, 5.74) is 1.40. The third-order valence-electron chi connectivity index (χ3n) is 2.01. The highest BCUT2D eigenvalue weighted by atomic mass is 15.5. The Morgan fingerprint density at radius 3 is 2.27 bits per heavy atom. The predicted octanol–water partition coefficient (Wildman–Crippen LogP) is 2.90. The van der Waals surface area contributed by atoms with E-state index in [1.807, 2.05) is 18.9 Å². The Morgan fingerprint density at radius 1 is 1.20 bits per heavy atom. The van der Waals surface area contributed by atoms with Crippen molar-refractivity contribution in [1.29, 1.82) is 5.26 Å². The largest absolute Gasteiger partial charge is 0.279 e. The molecule has 1 rings (SSSR count). The smallest absolute Gasteiger partial charge is 0.0991 e. The highest BCUT2D eigenvalue weighted by Crippen LogP contribution is 2.13. The van der Waals surface area contributed by atoms with Gasteiger partial charge in [-0.15, -0.1) is 5.11 Å². The molecule has 0 bridgehead atoms. The van der Waals surface area contributed by atoms with Crippen molar-refractivity contribution in [3.05, 3.63) is 29.8 Å². The van der Waals surface area contributed by atoms with E-state index in [9.17, 15) is 0 Å². The normalized spacial score (nSPS) is 10.2. The summed E-state index contributed by atoms with van der Waals surface area (Å²) in [6, 6.07) is 9.09. The molecule has 15 heavy (non-hydrogen) atoms. The van der Waals surface area contributed by atoms with Crippen molar-refractivity contribution in [3.8, 4) is 6.07 Å². The molecule has 1 aromatic rings. The topological polar surface area (TPSA) is 51.8 Å². The van der Waals surface area contributed by atoms with Gasteiger partial charge >= 0.3 is 0 Å². The Labute approximate surface area is 89.8 Å². The Kier molecular flexibility index (Phi) is 4.30. The van der Waals surface area contributed by atoms with Crippen molar-refractivity contribution in [1.82, 2.24) is 5.01 Å². The van der Waals surface area contributed by atoms with Crippen molar-refractivity contribution < 1.29 is 0 Å². The minimum atomic E-state index is 0.636. The van der Waals surface area contributed by atoms with Crippen molar-refractivity contribution in [2.75, 3.05) is 13.1 Å². The lowest BCUT2D eigenvalue weighted by molar-refractivity contribution is 0.301. The number of nitrogens with zero attached hydrogens (tertiary/aromatic N) is 4. The number of nitriles is 1. The van der Waals surface area contributed by atoms with Crippen LogP contribution < -0.4 is 0 Å². The fraction of sp³-hybridized carbons (Fsp3) is 0.364. The summed E-state index contributed by atoms with van der Waals surface area (Å²) in [4.78, 5) is 0. The minimum absolute atomic E-state index is 0.636. The second-order valence-corrected chi connectivity index (χ2v) is 2.99. The van der Waals surface area contributed by atoms with Crippen molar-refractivity contribution in [3.63, 3.8) is 0 Å². The van der Waals surface area contributed by atoms with Gasteiger partial charge in [0.25, 0.3) is 0 Å². The summed E-state index contributed by atoms with van der Waals surface area (Å²) in [5.74, 6) is 0. The SMILES string of the molecule is CCN(CC)N=Nc1ccc(C#N)cc1. The molecule has 0 N–H and O–H groups in total. The van der Waals surface area contributed by atoms with E-state index in [0.717, 1.165) is 18.8 Å². The van der Waals surface area contributed by atoms with Gasteiger partial charge in [0.1, 0.15) is 0 Å². The van der Waals surface area contributed by atoms with Gasteiger partial charge in [-0.25, -0.2) is 0 Å². The Hall–Kier alpha value is -1.89. The van der Waals surface area contributed by atoms with E-state index in [0.29, 0.717) is 5.56 Å². The van der Waals surface area contributed by atoms with Gasteiger partial charge in [0.15, 0.2) is 0 Å². The Bertz CT molecular complexity index is 357. The van der Waals surface area contributed by atoms with Gasteiger partial charge in [0.2, 0.25) is 0 Å². The van der Waals surface area contributed by atoms with Crippen LogP contribution in [0.15, 0.2) is 34.6 Å². The first kappa shape index (κ1) is 11.2. The monoisotopic (exact) mass is 202 g/mol. The second-order valence-electron chi connectivity index (χ2n) is 2.99. The quantitative estimate of drug-likeness (QED) is 0.556. The number of rotatable bonds is 4. The molecule has 0 saturated heterocycles. The van der Waals surface area contributed by atoms with Gasteiger partial charge in [0, 0.05) is 13.1 Å². The molecule has 0 spiro atoms. The van der Waals surface area contributed by atoms with E-state index in [4.69, 9.17) is 5.26 Å². The molecule has 78 valence electrons. The summed E-state index contributed by atoms with van der Waals surface area (Å²) in [5, 5.41) is 18.6. The molecule has 0 fully saturated rings. The third kappa shape index (κ3) is 3.39. The summed E-state index contributed by atoms with van der Waals surface area (Å²) < 4.78 is 0. The molecule has 0 aliphatic rings. The molecule has 0 amide bonds. The summed E-state index contributed by atoms with van der Waals surface area (Å²) in [6.45, 7) is 5.75. The van der Waals surface area contributed by atoms with Gasteiger partial charge in [-0.1, -0.05) is 5.22 Å². The first-order valence-corrected chi connectivity index (χ1v) is 4.97. The summed E-state index contributed by atoms with van der Waals surface area (Å²) >= 11 is 0. The van der Waals surface area contributed by atoms with E-state index in [2.05, 4.69) is 16.4 Å². The average molecular weight is 202 g/mol. The van der Waals surface area contributed by atoms with Crippen molar-refractivity contribution >= 4 is 5.69 Å². The van der Waals surface area contributed by atoms with Gasteiger partial charge in [-0.3, -0.25) is 5.01 Å². The zero-order valence-corrected chi connectivity index (χ0v) is 9.01. The molecule has 1 aromatic carbocycles. The molecule has 0 aliphatic heterocycles. The summed E-state index contributed by atoms with van der Waals surface area (Å²) in [7, 11) is 0. The van der Waals surface area contributed by atoms with Crippen LogP contribution in [0.1, 0.15) is 19.4 Å². The van der Waals surface area contributed by atoms with Crippen molar-refractivity contribution in [2.45, 2.75) is 13.8 Å². The lowest BCUT2D eigenvalue weighted by atomic mass is 10.2. The van der Waals surface area contributed by atoms with Crippen LogP contribution in [0.3, 0.4) is 0 Å². The molecular weight excluding hydrogens is 188 g/mol. The van der Waals surface area contributed by atoms with Crippen LogP contribution in [0, 0.1) is 11.3 Å². The van der Waals surface area contributed by atoms with Gasteiger partial charge in [-0.2, -0.15) is 5.26 Å². The van der Waals surface area contributed by atoms with Crippen LogP contribution in [-0.4, -0.2) is 18.1 Å². The molecule has 0 unspecified atom stereocenters. The van der Waals surface area contributed by atoms with Crippen LogP contribution in [0.5, 0.6) is 0 Å². The molecule has 0 heterocycles. The molecule has 0 aliphatic carbocycles. The Morgan fingerprint density at radius 2 is 1.80 bits per heavy atom. The van der Waals surface area contributed by atoms with E-state index in [1.165, 1.54) is 0 Å². The van der Waals surface area contributed by atoms with Crippen LogP contribution in [0.25, 0.3) is 0 Å². The van der Waals surface area contributed by atoms with E-state index in [1.54, 1.807) is 24.3 Å². The van der Waals surface area contributed by atoms with Crippen LogP contribution in [0.2, 0.25) is 0 Å². The lowest BCUT2D eigenvalue weighted by Crippen LogP contribution is -2.14. The number of benzene rings is 1. The standard InChI is InChI=1S/C11H14N4/c1-3-15(4-2)14-13-11-7-5-10(9-12)6-8-11/h5-8H,3-4H2,1-2H3. The second kappa shape index (κ2) is 5.76. The van der Waals surface area contributed by atoms with Gasteiger partial charge in [0.05, 0.1) is 17.3 Å². The molecule has 4 heteroatoms. The highest BCUT2D eigenvalue weighted by Gasteiger charge is 1.94. The lowest BCUT2D eigenvalue weighted by Gasteiger charge is -2.10. The van der Waals surface area contributed by atoms with E-state index in [-0.39, 0.29) is 0 Å². The first-order valence-electron chi connectivity index (χ1n) is 4.97. The van der Waals surface area contributed by atoms with E-state index >= 15 is 0 Å². The maximum atomic E-state index is 8.61. The third-order valence-corrected chi connectivity index (χ3v) is 2.01. The minimum Gasteiger partial charge on any atom is -0.279 e. The molecule has 0 atom stereocenters. The fourth-order valence-corrected chi connectivity index (χ4v) is 1.07. The van der Waals surface area contributed by atoms with Crippen molar-refractivity contribution in [2.24, 2.45) is 10.3 Å². The molecular formula is C11H14N4.